The second kappa shape index (κ2) is 8.55. The molecular formula is C18H24N4O3S. The number of thioether (sulfide) groups is 1. The molecule has 0 saturated carbocycles. The zero-order valence-corrected chi connectivity index (χ0v) is 16.2. The molecule has 2 heterocycles. The second-order valence-electron chi connectivity index (χ2n) is 6.23. The van der Waals surface area contributed by atoms with E-state index in [0.29, 0.717) is 43.8 Å². The van der Waals surface area contributed by atoms with Crippen LogP contribution >= 0.6 is 11.8 Å². The van der Waals surface area contributed by atoms with Crippen LogP contribution in [0.3, 0.4) is 0 Å². The van der Waals surface area contributed by atoms with Crippen molar-refractivity contribution < 1.29 is 14.3 Å². The Morgan fingerprint density at radius 1 is 1.27 bits per heavy atom. The number of ether oxygens (including phenoxy) is 2. The van der Waals surface area contributed by atoms with Gasteiger partial charge in [-0.05, 0) is 31.0 Å². The zero-order valence-electron chi connectivity index (χ0n) is 15.4. The molecule has 1 aliphatic rings. The van der Waals surface area contributed by atoms with Crippen molar-refractivity contribution in [1.82, 2.24) is 19.7 Å². The van der Waals surface area contributed by atoms with Crippen LogP contribution in [0, 0.1) is 13.8 Å². The Morgan fingerprint density at radius 2 is 2.04 bits per heavy atom. The highest BCUT2D eigenvalue weighted by Gasteiger charge is 2.18. The van der Waals surface area contributed by atoms with Crippen molar-refractivity contribution in [2.75, 3.05) is 32.1 Å². The van der Waals surface area contributed by atoms with E-state index in [4.69, 9.17) is 9.47 Å². The van der Waals surface area contributed by atoms with Gasteiger partial charge in [-0.3, -0.25) is 4.79 Å². The van der Waals surface area contributed by atoms with E-state index in [9.17, 15) is 4.79 Å². The second-order valence-corrected chi connectivity index (χ2v) is 7.17. The van der Waals surface area contributed by atoms with Crippen LogP contribution in [-0.2, 0) is 23.2 Å². The van der Waals surface area contributed by atoms with Gasteiger partial charge in [-0.25, -0.2) is 0 Å². The van der Waals surface area contributed by atoms with Crippen LogP contribution in [0.2, 0.25) is 0 Å². The Balaban J connectivity index is 1.55. The minimum atomic E-state index is 0.106. The summed E-state index contributed by atoms with van der Waals surface area (Å²) < 4.78 is 13.0. The van der Waals surface area contributed by atoms with Crippen molar-refractivity contribution in [2.45, 2.75) is 25.6 Å². The van der Waals surface area contributed by atoms with E-state index in [2.05, 4.69) is 23.2 Å². The lowest BCUT2D eigenvalue weighted by molar-refractivity contribution is -0.132. The fourth-order valence-electron chi connectivity index (χ4n) is 2.65. The van der Waals surface area contributed by atoms with E-state index in [0.717, 1.165) is 17.1 Å². The number of morpholine rings is 1. The van der Waals surface area contributed by atoms with Crippen LogP contribution in [0.4, 0.5) is 0 Å². The van der Waals surface area contributed by atoms with Crippen LogP contribution in [0.5, 0.6) is 5.75 Å². The van der Waals surface area contributed by atoms with E-state index < -0.39 is 0 Å². The summed E-state index contributed by atoms with van der Waals surface area (Å²) in [7, 11) is 1.89. The molecule has 0 N–H and O–H groups in total. The van der Waals surface area contributed by atoms with Crippen molar-refractivity contribution >= 4 is 17.7 Å². The Hall–Kier alpha value is -2.06. The Bertz CT molecular complexity index is 772. The molecule has 0 atom stereocenters. The Morgan fingerprint density at radius 3 is 2.81 bits per heavy atom. The summed E-state index contributed by atoms with van der Waals surface area (Å²) in [5.41, 5.74) is 2.32. The summed E-state index contributed by atoms with van der Waals surface area (Å²) in [6.45, 7) is 6.98. The molecule has 3 rings (SSSR count). The van der Waals surface area contributed by atoms with Crippen molar-refractivity contribution in [3.8, 4) is 5.75 Å². The van der Waals surface area contributed by atoms with Crippen LogP contribution in [0.1, 0.15) is 17.0 Å². The van der Waals surface area contributed by atoms with E-state index in [1.165, 1.54) is 17.3 Å². The maximum Gasteiger partial charge on any atom is 0.233 e. The van der Waals surface area contributed by atoms with Crippen molar-refractivity contribution in [2.24, 2.45) is 7.05 Å². The monoisotopic (exact) mass is 376 g/mol. The van der Waals surface area contributed by atoms with Gasteiger partial charge < -0.3 is 18.9 Å². The maximum atomic E-state index is 12.2. The zero-order chi connectivity index (χ0) is 18.5. The molecule has 1 fully saturated rings. The number of aromatic nitrogens is 3. The number of amides is 1. The lowest BCUT2D eigenvalue weighted by atomic mass is 10.1. The average Bonchev–Trinajstić information content (AvgIpc) is 3.01. The minimum Gasteiger partial charge on any atom is -0.485 e. The molecule has 0 spiro atoms. The first-order chi connectivity index (χ1) is 12.6. The van der Waals surface area contributed by atoms with Gasteiger partial charge in [0, 0.05) is 20.1 Å². The van der Waals surface area contributed by atoms with Gasteiger partial charge in [-0.15, -0.1) is 10.2 Å². The molecule has 1 amide bonds. The third kappa shape index (κ3) is 4.37. The number of carbonyl (C=O) groups excluding carboxylic acids is 1. The van der Waals surface area contributed by atoms with Gasteiger partial charge in [0.15, 0.2) is 11.0 Å². The van der Waals surface area contributed by atoms with Gasteiger partial charge in [-0.2, -0.15) is 0 Å². The van der Waals surface area contributed by atoms with Crippen molar-refractivity contribution in [3.63, 3.8) is 0 Å². The SMILES string of the molecule is Cc1cccc(OCc2nnc(SCC(=O)N3CCOCC3)n2C)c1C. The minimum absolute atomic E-state index is 0.106. The van der Waals surface area contributed by atoms with E-state index >= 15 is 0 Å². The van der Waals surface area contributed by atoms with Crippen molar-refractivity contribution in [3.05, 3.63) is 35.2 Å². The summed E-state index contributed by atoms with van der Waals surface area (Å²) in [6, 6.07) is 5.99. The fourth-order valence-corrected chi connectivity index (χ4v) is 3.48. The molecule has 1 aliphatic heterocycles. The number of rotatable bonds is 6. The largest absolute Gasteiger partial charge is 0.485 e. The summed E-state index contributed by atoms with van der Waals surface area (Å²) >= 11 is 1.40. The van der Waals surface area contributed by atoms with Crippen LogP contribution in [0.25, 0.3) is 0 Å². The molecule has 1 aromatic heterocycles. The normalized spacial score (nSPS) is 14.5. The summed E-state index contributed by atoms with van der Waals surface area (Å²) in [6.07, 6.45) is 0. The molecule has 0 radical (unpaired) electrons. The molecule has 0 unspecified atom stereocenters. The number of hydrogen-bond acceptors (Lipinski definition) is 6. The smallest absolute Gasteiger partial charge is 0.233 e. The van der Waals surface area contributed by atoms with Gasteiger partial charge in [0.05, 0.1) is 19.0 Å². The lowest BCUT2D eigenvalue weighted by Crippen LogP contribution is -2.41. The molecular weight excluding hydrogens is 352 g/mol. The molecule has 7 nitrogen and oxygen atoms in total. The Labute approximate surface area is 157 Å². The number of aryl methyl sites for hydroxylation is 1. The standard InChI is InChI=1S/C18H24N4O3S/c1-13-5-4-6-15(14(13)2)25-11-16-19-20-18(21(16)3)26-12-17(23)22-7-9-24-10-8-22/h4-6H,7-12H2,1-3H3. The third-order valence-electron chi connectivity index (χ3n) is 4.53. The molecule has 8 heteroatoms. The average molecular weight is 376 g/mol. The first-order valence-corrected chi connectivity index (χ1v) is 9.60. The van der Waals surface area contributed by atoms with Gasteiger partial charge in [0.25, 0.3) is 0 Å². The topological polar surface area (TPSA) is 69.5 Å². The number of hydrogen-bond donors (Lipinski definition) is 0. The van der Waals surface area contributed by atoms with Gasteiger partial charge in [0.1, 0.15) is 12.4 Å². The van der Waals surface area contributed by atoms with Gasteiger partial charge >= 0.3 is 0 Å². The molecule has 0 aliphatic carbocycles. The fraction of sp³-hybridized carbons (Fsp3) is 0.500. The van der Waals surface area contributed by atoms with Crippen molar-refractivity contribution in [1.29, 1.82) is 0 Å². The van der Waals surface area contributed by atoms with Gasteiger partial charge in [0.2, 0.25) is 5.91 Å². The van der Waals surface area contributed by atoms with E-state index in [1.54, 1.807) is 0 Å². The maximum absolute atomic E-state index is 12.2. The summed E-state index contributed by atoms with van der Waals surface area (Å²) in [5, 5.41) is 9.10. The molecule has 1 saturated heterocycles. The predicted octanol–water partition coefficient (Wildman–Crippen LogP) is 1.96. The lowest BCUT2D eigenvalue weighted by Gasteiger charge is -2.26. The van der Waals surface area contributed by atoms with Crippen LogP contribution in [0.15, 0.2) is 23.4 Å². The Kier molecular flexibility index (Phi) is 6.16. The third-order valence-corrected chi connectivity index (χ3v) is 5.53. The summed E-state index contributed by atoms with van der Waals surface area (Å²) in [5.74, 6) is 2.04. The highest BCUT2D eigenvalue weighted by Crippen LogP contribution is 2.22. The number of benzene rings is 1. The van der Waals surface area contributed by atoms with Crippen LogP contribution < -0.4 is 4.74 Å². The van der Waals surface area contributed by atoms with E-state index in [-0.39, 0.29) is 5.91 Å². The van der Waals surface area contributed by atoms with E-state index in [1.807, 2.05) is 35.6 Å². The highest BCUT2D eigenvalue weighted by atomic mass is 32.2. The highest BCUT2D eigenvalue weighted by molar-refractivity contribution is 7.99. The molecule has 26 heavy (non-hydrogen) atoms. The first-order valence-electron chi connectivity index (χ1n) is 8.62. The van der Waals surface area contributed by atoms with Crippen LogP contribution in [-0.4, -0.2) is 57.6 Å². The summed E-state index contributed by atoms with van der Waals surface area (Å²) in [4.78, 5) is 14.1. The molecule has 1 aromatic carbocycles. The molecule has 140 valence electrons. The predicted molar refractivity (Wildman–Crippen MR) is 99.4 cm³/mol. The molecule has 2 aromatic rings. The first kappa shape index (κ1) is 18.7. The number of nitrogens with zero attached hydrogens (tertiary/aromatic N) is 4. The number of carbonyl (C=O) groups is 1. The quantitative estimate of drug-likeness (QED) is 0.718. The molecule has 0 bridgehead atoms. The van der Waals surface area contributed by atoms with Gasteiger partial charge in [-0.1, -0.05) is 23.9 Å².